The quantitative estimate of drug-likeness (QED) is 0.525. The van der Waals surface area contributed by atoms with Gasteiger partial charge in [0.05, 0.1) is 22.7 Å². The van der Waals surface area contributed by atoms with Crippen LogP contribution in [-0.2, 0) is 16.2 Å². The number of nitrogens with zero attached hydrogens (tertiary/aromatic N) is 3. The van der Waals surface area contributed by atoms with Gasteiger partial charge in [0, 0.05) is 5.56 Å². The maximum Gasteiger partial charge on any atom is 0.416 e. The van der Waals surface area contributed by atoms with Gasteiger partial charge in [0.1, 0.15) is 5.51 Å². The molecule has 0 unspecified atom stereocenters. The summed E-state index contributed by atoms with van der Waals surface area (Å²) < 4.78 is 66.5. The Kier molecular flexibility index (Phi) is 6.41. The van der Waals surface area contributed by atoms with Crippen molar-refractivity contribution in [3.8, 4) is 0 Å². The molecular formula is C19H15F3N4O3S2. The first kappa shape index (κ1) is 22.4. The van der Waals surface area contributed by atoms with Crippen LogP contribution in [0, 0.1) is 0 Å². The molecule has 1 amide bonds. The van der Waals surface area contributed by atoms with Crippen LogP contribution in [0.4, 0.5) is 24.0 Å². The monoisotopic (exact) mass is 468 g/mol. The zero-order valence-electron chi connectivity index (χ0n) is 15.7. The Morgan fingerprint density at radius 2 is 1.94 bits per heavy atom. The number of aromatic nitrogens is 2. The summed E-state index contributed by atoms with van der Waals surface area (Å²) in [5.41, 5.74) is 0.274. The van der Waals surface area contributed by atoms with Gasteiger partial charge in [-0.2, -0.15) is 13.2 Å². The number of benzene rings is 2. The smallest absolute Gasteiger partial charge is 0.296 e. The third-order valence-corrected chi connectivity index (χ3v) is 6.42. The van der Waals surface area contributed by atoms with E-state index in [1.54, 1.807) is 0 Å². The maximum absolute atomic E-state index is 13.2. The van der Waals surface area contributed by atoms with Gasteiger partial charge in [-0.1, -0.05) is 29.5 Å². The highest BCUT2D eigenvalue weighted by atomic mass is 32.2. The number of sulfonamides is 1. The zero-order chi connectivity index (χ0) is 22.6. The van der Waals surface area contributed by atoms with Crippen LogP contribution in [0.3, 0.4) is 0 Å². The van der Waals surface area contributed by atoms with Crippen LogP contribution in [0.15, 0.2) is 71.6 Å². The van der Waals surface area contributed by atoms with Crippen molar-refractivity contribution in [3.05, 3.63) is 77.8 Å². The Morgan fingerprint density at radius 3 is 2.58 bits per heavy atom. The van der Waals surface area contributed by atoms with Gasteiger partial charge in [-0.3, -0.25) is 14.4 Å². The predicted molar refractivity (Wildman–Crippen MR) is 110 cm³/mol. The van der Waals surface area contributed by atoms with Crippen LogP contribution in [0.5, 0.6) is 0 Å². The summed E-state index contributed by atoms with van der Waals surface area (Å²) >= 11 is 1.08. The molecule has 0 fully saturated rings. The molecule has 0 bridgehead atoms. The van der Waals surface area contributed by atoms with E-state index in [-0.39, 0.29) is 27.8 Å². The van der Waals surface area contributed by atoms with Crippen molar-refractivity contribution in [2.75, 3.05) is 16.2 Å². The highest BCUT2D eigenvalue weighted by Crippen LogP contribution is 2.33. The molecule has 7 nitrogen and oxygen atoms in total. The summed E-state index contributed by atoms with van der Waals surface area (Å²) in [5.74, 6) is -0.608. The fourth-order valence-electron chi connectivity index (χ4n) is 2.62. The minimum absolute atomic E-state index is 0.0267. The predicted octanol–water partition coefficient (Wildman–Crippen LogP) is 4.19. The molecule has 0 saturated carbocycles. The molecule has 0 aliphatic heterocycles. The molecule has 1 aromatic heterocycles. The van der Waals surface area contributed by atoms with Crippen molar-refractivity contribution < 1.29 is 26.4 Å². The van der Waals surface area contributed by atoms with E-state index in [0.29, 0.717) is 0 Å². The molecule has 0 aliphatic rings. The van der Waals surface area contributed by atoms with Gasteiger partial charge in [0.25, 0.3) is 15.9 Å². The summed E-state index contributed by atoms with van der Waals surface area (Å²) in [4.78, 5) is 12.1. The molecule has 31 heavy (non-hydrogen) atoms. The summed E-state index contributed by atoms with van der Waals surface area (Å²) in [7, 11) is -4.31. The summed E-state index contributed by atoms with van der Waals surface area (Å²) in [6.07, 6.45) is -3.38. The number of halogens is 3. The van der Waals surface area contributed by atoms with Crippen LogP contribution in [-0.4, -0.2) is 31.1 Å². The Morgan fingerprint density at radius 1 is 1.19 bits per heavy atom. The van der Waals surface area contributed by atoms with E-state index in [1.165, 1.54) is 35.9 Å². The van der Waals surface area contributed by atoms with Crippen LogP contribution < -0.4 is 9.62 Å². The molecule has 0 spiro atoms. The van der Waals surface area contributed by atoms with Gasteiger partial charge >= 0.3 is 6.18 Å². The lowest BCUT2D eigenvalue weighted by Gasteiger charge is -2.24. The Bertz CT molecular complexity index is 1200. The first-order valence-corrected chi connectivity index (χ1v) is 10.9. The van der Waals surface area contributed by atoms with E-state index in [2.05, 4.69) is 22.1 Å². The normalized spacial score (nSPS) is 11.7. The number of carbonyl (C=O) groups excluding carboxylic acids is 1. The second kappa shape index (κ2) is 8.86. The Balaban J connectivity index is 1.98. The van der Waals surface area contributed by atoms with E-state index in [9.17, 15) is 26.4 Å². The number of hydrogen-bond acceptors (Lipinski definition) is 6. The van der Waals surface area contributed by atoms with Crippen molar-refractivity contribution in [2.24, 2.45) is 0 Å². The highest BCUT2D eigenvalue weighted by Gasteiger charge is 2.32. The first-order chi connectivity index (χ1) is 14.6. The largest absolute Gasteiger partial charge is 0.416 e. The number of anilines is 2. The molecule has 0 radical (unpaired) electrons. The summed E-state index contributed by atoms with van der Waals surface area (Å²) in [6.45, 7) is 3.21. The molecule has 3 aromatic rings. The maximum atomic E-state index is 13.2. The van der Waals surface area contributed by atoms with Crippen LogP contribution in [0.1, 0.15) is 15.9 Å². The zero-order valence-corrected chi connectivity index (χ0v) is 17.3. The molecule has 2 aromatic carbocycles. The van der Waals surface area contributed by atoms with E-state index in [4.69, 9.17) is 0 Å². The average Bonchev–Trinajstić information content (AvgIpc) is 3.24. The molecule has 162 valence electrons. The van der Waals surface area contributed by atoms with Crippen molar-refractivity contribution in [1.29, 1.82) is 0 Å². The molecule has 12 heteroatoms. The lowest BCUT2D eigenvalue weighted by atomic mass is 10.2. The fraction of sp³-hybridized carbons (Fsp3) is 0.105. The Labute approximate surface area is 179 Å². The van der Waals surface area contributed by atoms with Gasteiger partial charge in [-0.25, -0.2) is 8.42 Å². The lowest BCUT2D eigenvalue weighted by Crippen LogP contribution is -2.31. The molecule has 0 aliphatic carbocycles. The van der Waals surface area contributed by atoms with Crippen LogP contribution in [0.2, 0.25) is 0 Å². The van der Waals surface area contributed by atoms with Gasteiger partial charge in [-0.05, 0) is 36.4 Å². The van der Waals surface area contributed by atoms with Crippen molar-refractivity contribution in [2.45, 2.75) is 11.1 Å². The minimum Gasteiger partial charge on any atom is -0.296 e. The third-order valence-electron chi connectivity index (χ3n) is 4.02. The second-order valence-electron chi connectivity index (χ2n) is 6.10. The minimum atomic E-state index is -4.64. The topological polar surface area (TPSA) is 92.3 Å². The van der Waals surface area contributed by atoms with Crippen molar-refractivity contribution in [3.63, 3.8) is 0 Å². The van der Waals surface area contributed by atoms with Gasteiger partial charge in [0.2, 0.25) is 5.13 Å². The number of rotatable bonds is 7. The number of amides is 1. The highest BCUT2D eigenvalue weighted by molar-refractivity contribution is 7.92. The Hall–Kier alpha value is -3.25. The summed E-state index contributed by atoms with van der Waals surface area (Å²) in [6, 6.07) is 9.11. The number of hydrogen-bond donors (Lipinski definition) is 1. The lowest BCUT2D eigenvalue weighted by molar-refractivity contribution is -0.137. The molecule has 1 heterocycles. The molecule has 0 saturated heterocycles. The molecule has 3 rings (SSSR count). The van der Waals surface area contributed by atoms with Crippen molar-refractivity contribution in [1.82, 2.24) is 10.2 Å². The van der Waals surface area contributed by atoms with E-state index in [0.717, 1.165) is 39.9 Å². The number of nitrogens with one attached hydrogen (secondary N) is 1. The first-order valence-electron chi connectivity index (χ1n) is 8.61. The SMILES string of the molecule is C=CCN(c1cccc(C(F)(F)F)c1)S(=O)(=O)c1cccc(C(=O)Nc2nncs2)c1. The van der Waals surface area contributed by atoms with Gasteiger partial charge in [-0.15, -0.1) is 16.8 Å². The second-order valence-corrected chi connectivity index (χ2v) is 8.79. The van der Waals surface area contributed by atoms with Gasteiger partial charge in [0.15, 0.2) is 0 Å². The molecule has 0 atom stereocenters. The third kappa shape index (κ3) is 5.09. The van der Waals surface area contributed by atoms with E-state index in [1.807, 2.05) is 0 Å². The van der Waals surface area contributed by atoms with Crippen molar-refractivity contribution >= 4 is 38.1 Å². The van der Waals surface area contributed by atoms with Gasteiger partial charge < -0.3 is 0 Å². The van der Waals surface area contributed by atoms with E-state index < -0.39 is 27.7 Å². The van der Waals surface area contributed by atoms with E-state index >= 15 is 0 Å². The summed E-state index contributed by atoms with van der Waals surface area (Å²) in [5, 5.41) is 9.98. The van der Waals surface area contributed by atoms with Crippen LogP contribution in [0.25, 0.3) is 0 Å². The molecular weight excluding hydrogens is 453 g/mol. The number of alkyl halides is 3. The standard InChI is InChI=1S/C19H15F3N4O3S2/c1-2-9-26(15-7-4-6-14(11-15)19(20,21)22)31(28,29)16-8-3-5-13(10-16)17(27)24-18-25-23-12-30-18/h2-8,10-12H,1,9H2,(H,24,25,27). The number of carbonyl (C=O) groups is 1. The fourth-order valence-corrected chi connectivity index (χ4v) is 4.53. The average molecular weight is 468 g/mol. The van der Waals surface area contributed by atoms with Crippen LogP contribution >= 0.6 is 11.3 Å². The molecule has 1 N–H and O–H groups in total.